The Morgan fingerprint density at radius 3 is 2.07 bits per heavy atom. The van der Waals surface area contributed by atoms with Crippen LogP contribution < -0.4 is 10.6 Å². The lowest BCUT2D eigenvalue weighted by molar-refractivity contribution is -0.140. The fourth-order valence-corrected chi connectivity index (χ4v) is 3.75. The first-order chi connectivity index (χ1) is 19.9. The van der Waals surface area contributed by atoms with Gasteiger partial charge in [0.15, 0.2) is 0 Å². The number of alkyl halides is 9. The lowest BCUT2D eigenvalue weighted by Crippen LogP contribution is -2.47. The maximum atomic E-state index is 15.2. The number of benzene rings is 2. The molecule has 0 radical (unpaired) electrons. The summed E-state index contributed by atoms with van der Waals surface area (Å²) in [5.41, 5.74) is -4.12. The minimum atomic E-state index is -5.31. The monoisotopic (exact) mass is 638 g/mol. The highest BCUT2D eigenvalue weighted by molar-refractivity contribution is 5.99. The van der Waals surface area contributed by atoms with Crippen LogP contribution in [0.3, 0.4) is 0 Å². The predicted molar refractivity (Wildman–Crippen MR) is 143 cm³/mol. The molecular formula is C30H28F10N2O2. The minimum absolute atomic E-state index is 0.109. The van der Waals surface area contributed by atoms with Crippen molar-refractivity contribution in [1.29, 1.82) is 0 Å². The summed E-state index contributed by atoms with van der Waals surface area (Å²) in [6.07, 6.45) is -15.1. The van der Waals surface area contributed by atoms with Crippen molar-refractivity contribution in [1.82, 2.24) is 10.6 Å². The molecule has 0 bridgehead atoms. The highest BCUT2D eigenvalue weighted by Gasteiger charge is 2.41. The highest BCUT2D eigenvalue weighted by Crippen LogP contribution is 2.40. The lowest BCUT2D eigenvalue weighted by atomic mass is 9.92. The summed E-state index contributed by atoms with van der Waals surface area (Å²) in [5, 5.41) is 3.27. The number of aryl methyl sites for hydroxylation is 1. The van der Waals surface area contributed by atoms with Crippen molar-refractivity contribution in [3.05, 3.63) is 75.9 Å². The van der Waals surface area contributed by atoms with Crippen molar-refractivity contribution in [2.75, 3.05) is 6.54 Å². The van der Waals surface area contributed by atoms with Crippen LogP contribution in [-0.2, 0) is 11.0 Å². The largest absolute Gasteiger partial charge is 0.417 e. The van der Waals surface area contributed by atoms with Crippen LogP contribution in [0, 0.1) is 24.2 Å². The zero-order valence-electron chi connectivity index (χ0n) is 24.0. The van der Waals surface area contributed by atoms with Crippen LogP contribution in [-0.4, -0.2) is 36.8 Å². The second-order valence-electron chi connectivity index (χ2n) is 11.0. The van der Waals surface area contributed by atoms with Gasteiger partial charge in [0, 0.05) is 16.5 Å². The third-order valence-electron chi connectivity index (χ3n) is 5.76. The molecule has 0 aliphatic rings. The molecular weight excluding hydrogens is 610 g/mol. The Hall–Kier alpha value is -4.02. The van der Waals surface area contributed by atoms with E-state index in [0.717, 1.165) is 19.1 Å². The Morgan fingerprint density at radius 2 is 1.55 bits per heavy atom. The number of amides is 2. The van der Waals surface area contributed by atoms with E-state index in [1.807, 2.05) is 5.32 Å². The maximum absolute atomic E-state index is 15.2. The molecule has 0 aromatic heterocycles. The molecule has 4 nitrogen and oxygen atoms in total. The van der Waals surface area contributed by atoms with Gasteiger partial charge in [-0.05, 0) is 76.1 Å². The Bertz CT molecular complexity index is 1470. The van der Waals surface area contributed by atoms with Crippen LogP contribution in [0.2, 0.25) is 0 Å². The molecule has 240 valence electrons. The molecule has 2 atom stereocenters. The molecule has 44 heavy (non-hydrogen) atoms. The number of carbonyl (C=O) groups is 2. The van der Waals surface area contributed by atoms with Crippen molar-refractivity contribution in [3.8, 4) is 11.8 Å². The summed E-state index contributed by atoms with van der Waals surface area (Å²) in [5.74, 6) is -1.51. The minimum Gasteiger partial charge on any atom is -0.345 e. The number of nitrogens with one attached hydrogen (secondary N) is 2. The molecule has 0 aliphatic carbocycles. The quantitative estimate of drug-likeness (QED) is 0.240. The molecule has 2 aromatic carbocycles. The van der Waals surface area contributed by atoms with Gasteiger partial charge < -0.3 is 10.6 Å². The average Bonchev–Trinajstić information content (AvgIpc) is 2.86. The van der Waals surface area contributed by atoms with E-state index in [4.69, 9.17) is 0 Å². The lowest BCUT2D eigenvalue weighted by Gasteiger charge is -2.20. The second-order valence-corrected chi connectivity index (χ2v) is 11.0. The zero-order chi connectivity index (χ0) is 33.8. The summed E-state index contributed by atoms with van der Waals surface area (Å²) in [6, 6.07) is 3.31. The van der Waals surface area contributed by atoms with Gasteiger partial charge in [0.05, 0.1) is 11.1 Å². The third-order valence-corrected chi connectivity index (χ3v) is 5.76. The van der Waals surface area contributed by atoms with E-state index in [1.165, 1.54) is 18.3 Å². The van der Waals surface area contributed by atoms with Crippen molar-refractivity contribution < 1.29 is 53.5 Å². The summed E-state index contributed by atoms with van der Waals surface area (Å²) in [4.78, 5) is 24.3. The first-order valence-corrected chi connectivity index (χ1v) is 12.8. The first-order valence-electron chi connectivity index (χ1n) is 12.8. The molecule has 2 N–H and O–H groups in total. The van der Waals surface area contributed by atoms with Crippen molar-refractivity contribution >= 4 is 17.6 Å². The van der Waals surface area contributed by atoms with Gasteiger partial charge in [0.25, 0.3) is 5.91 Å². The van der Waals surface area contributed by atoms with E-state index in [-0.39, 0.29) is 17.7 Å². The molecule has 0 saturated heterocycles. The first kappa shape index (κ1) is 36.2. The number of halogens is 10. The summed E-state index contributed by atoms with van der Waals surface area (Å²) >= 11 is 0. The molecule has 0 aliphatic heterocycles. The molecule has 2 amide bonds. The van der Waals surface area contributed by atoms with Crippen LogP contribution in [0.25, 0.3) is 5.83 Å². The third kappa shape index (κ3) is 10.9. The van der Waals surface area contributed by atoms with Crippen molar-refractivity contribution in [3.63, 3.8) is 0 Å². The van der Waals surface area contributed by atoms with E-state index >= 15 is 4.39 Å². The number of carbonyl (C=O) groups excluding carboxylic acids is 2. The Balaban J connectivity index is 2.50. The second kappa shape index (κ2) is 13.3. The van der Waals surface area contributed by atoms with Crippen LogP contribution in [0.5, 0.6) is 0 Å². The van der Waals surface area contributed by atoms with Gasteiger partial charge in [0.2, 0.25) is 5.91 Å². The van der Waals surface area contributed by atoms with Crippen LogP contribution in [0.15, 0.2) is 42.5 Å². The topological polar surface area (TPSA) is 58.2 Å². The fraction of sp³-hybridized carbons (Fsp3) is 0.400. The Morgan fingerprint density at radius 1 is 0.932 bits per heavy atom. The van der Waals surface area contributed by atoms with Gasteiger partial charge >= 0.3 is 18.5 Å². The van der Waals surface area contributed by atoms with Gasteiger partial charge in [-0.15, -0.1) is 0 Å². The number of rotatable bonds is 7. The highest BCUT2D eigenvalue weighted by atomic mass is 19.4. The van der Waals surface area contributed by atoms with Crippen molar-refractivity contribution in [2.24, 2.45) is 5.41 Å². The Labute approximate surface area is 246 Å². The van der Waals surface area contributed by atoms with Gasteiger partial charge in [-0.3, -0.25) is 9.59 Å². The number of hydrogen-bond acceptors (Lipinski definition) is 2. The van der Waals surface area contributed by atoms with Gasteiger partial charge in [-0.2, -0.15) is 39.5 Å². The standard InChI is InChI=1S/C30H28F10N2O2/c1-16-10-18(8-9-27(3,4)5)12-20(11-16)22(29(35,36)37)14-24(31)19-6-7-21(23(13-19)30(38,39)40)26(44)42-17(2)25(43)41-15-28(32,33)34/h6-7,10-14,17,22H,15H2,1-5H3,(H,41,43)(H,42,44)/b24-14-/t17-,22?/m1/s1. The van der Waals surface area contributed by atoms with E-state index in [9.17, 15) is 49.1 Å². The van der Waals surface area contributed by atoms with E-state index in [2.05, 4.69) is 11.8 Å². The normalized spacial score (nSPS) is 14.3. The zero-order valence-corrected chi connectivity index (χ0v) is 24.0. The van der Waals surface area contributed by atoms with Gasteiger partial charge in [-0.1, -0.05) is 24.0 Å². The summed E-state index contributed by atoms with van der Waals surface area (Å²) in [7, 11) is 0. The number of hydrogen-bond donors (Lipinski definition) is 2. The molecule has 0 spiro atoms. The SMILES string of the molecule is Cc1cc(C#CC(C)(C)C)cc(C(/C=C(\F)c2ccc(C(=O)N[C@H](C)C(=O)NCC(F)(F)F)c(C(F)(F)F)c2)C(F)(F)F)c1. The maximum Gasteiger partial charge on any atom is 0.417 e. The van der Waals surface area contributed by atoms with Gasteiger partial charge in [-0.25, -0.2) is 4.39 Å². The summed E-state index contributed by atoms with van der Waals surface area (Å²) < 4.78 is 136. The molecule has 2 rings (SSSR count). The molecule has 0 fully saturated rings. The van der Waals surface area contributed by atoms with Gasteiger partial charge in [0.1, 0.15) is 24.3 Å². The molecule has 0 heterocycles. The molecule has 0 saturated carbocycles. The van der Waals surface area contributed by atoms with Crippen LogP contribution in [0.1, 0.15) is 71.8 Å². The smallest absolute Gasteiger partial charge is 0.345 e. The van der Waals surface area contributed by atoms with Crippen molar-refractivity contribution in [2.45, 2.75) is 65.1 Å². The van der Waals surface area contributed by atoms with E-state index < -0.39 is 82.3 Å². The van der Waals surface area contributed by atoms with E-state index in [0.29, 0.717) is 17.7 Å². The fourth-order valence-electron chi connectivity index (χ4n) is 3.75. The Kier molecular flexibility index (Phi) is 10.9. The van der Waals surface area contributed by atoms with E-state index in [1.54, 1.807) is 20.8 Å². The average molecular weight is 639 g/mol. The molecule has 2 aromatic rings. The number of allylic oxidation sites excluding steroid dienone is 1. The van der Waals surface area contributed by atoms with Crippen LogP contribution in [0.4, 0.5) is 43.9 Å². The summed E-state index contributed by atoms with van der Waals surface area (Å²) in [6.45, 7) is 6.01. The predicted octanol–water partition coefficient (Wildman–Crippen LogP) is 7.86. The van der Waals surface area contributed by atoms with Crippen LogP contribution >= 0.6 is 0 Å². The molecule has 14 heteroatoms. The molecule has 1 unspecified atom stereocenters.